The van der Waals surface area contributed by atoms with Crippen molar-refractivity contribution in [1.29, 1.82) is 0 Å². The summed E-state index contributed by atoms with van der Waals surface area (Å²) in [4.78, 5) is 19.5. The molecule has 0 unspecified atom stereocenters. The molecule has 6 heteroatoms. The van der Waals surface area contributed by atoms with Crippen molar-refractivity contribution >= 4 is 23.3 Å². The third-order valence-corrected chi connectivity index (χ3v) is 4.50. The average molecular weight is 338 g/mol. The Morgan fingerprint density at radius 3 is 2.24 bits per heavy atom. The van der Waals surface area contributed by atoms with Crippen molar-refractivity contribution in [1.82, 2.24) is 4.90 Å². The van der Waals surface area contributed by atoms with Gasteiger partial charge in [0.25, 0.3) is 5.69 Å². The molecular weight excluding hydrogens is 316 g/mol. The maximum absolute atomic E-state index is 10.7. The predicted octanol–water partition coefficient (Wildman–Crippen LogP) is 3.49. The van der Waals surface area contributed by atoms with Crippen molar-refractivity contribution in [2.45, 2.75) is 6.92 Å². The number of aliphatic imine (C=N–C) groups is 1. The number of benzene rings is 2. The second-order valence-electron chi connectivity index (χ2n) is 6.04. The SMILES string of the molecule is CCN1CCN(c2ccc(N=Cc3ccc([N+](=O)[O-])cc3)cc2)CC1. The molecule has 1 aliphatic heterocycles. The van der Waals surface area contributed by atoms with Crippen LogP contribution < -0.4 is 4.90 Å². The minimum absolute atomic E-state index is 0.0877. The molecule has 1 saturated heterocycles. The van der Waals surface area contributed by atoms with Crippen molar-refractivity contribution in [3.63, 3.8) is 0 Å². The van der Waals surface area contributed by atoms with E-state index in [1.54, 1.807) is 18.3 Å². The lowest BCUT2D eigenvalue weighted by Crippen LogP contribution is -2.46. The second kappa shape index (κ2) is 7.90. The first-order valence-corrected chi connectivity index (χ1v) is 8.51. The van der Waals surface area contributed by atoms with Crippen molar-refractivity contribution < 1.29 is 4.92 Å². The summed E-state index contributed by atoms with van der Waals surface area (Å²) in [6, 6.07) is 14.6. The first-order chi connectivity index (χ1) is 12.2. The van der Waals surface area contributed by atoms with E-state index >= 15 is 0 Å². The maximum Gasteiger partial charge on any atom is 0.269 e. The average Bonchev–Trinajstić information content (AvgIpc) is 2.67. The van der Waals surface area contributed by atoms with Gasteiger partial charge in [0.05, 0.1) is 10.6 Å². The Morgan fingerprint density at radius 1 is 1.04 bits per heavy atom. The molecule has 0 radical (unpaired) electrons. The van der Waals surface area contributed by atoms with E-state index in [0.29, 0.717) is 0 Å². The van der Waals surface area contributed by atoms with Gasteiger partial charge in [0, 0.05) is 50.2 Å². The van der Waals surface area contributed by atoms with Gasteiger partial charge in [-0.15, -0.1) is 0 Å². The van der Waals surface area contributed by atoms with E-state index in [1.165, 1.54) is 17.8 Å². The molecule has 2 aromatic carbocycles. The molecular formula is C19H22N4O2. The molecule has 0 aromatic heterocycles. The number of anilines is 1. The number of nitrogens with zero attached hydrogens (tertiary/aromatic N) is 4. The number of hydrogen-bond donors (Lipinski definition) is 0. The zero-order chi connectivity index (χ0) is 17.6. The van der Waals surface area contributed by atoms with Crippen LogP contribution in [0.2, 0.25) is 0 Å². The lowest BCUT2D eigenvalue weighted by atomic mass is 10.2. The highest BCUT2D eigenvalue weighted by atomic mass is 16.6. The molecule has 130 valence electrons. The summed E-state index contributed by atoms with van der Waals surface area (Å²) in [5, 5.41) is 10.7. The van der Waals surface area contributed by atoms with Gasteiger partial charge >= 0.3 is 0 Å². The summed E-state index contributed by atoms with van der Waals surface area (Å²) in [6.07, 6.45) is 1.72. The number of non-ortho nitro benzene ring substituents is 1. The monoisotopic (exact) mass is 338 g/mol. The maximum atomic E-state index is 10.7. The van der Waals surface area contributed by atoms with Crippen LogP contribution in [0.25, 0.3) is 0 Å². The molecule has 0 aliphatic carbocycles. The zero-order valence-corrected chi connectivity index (χ0v) is 14.3. The molecule has 0 N–H and O–H groups in total. The van der Waals surface area contributed by atoms with E-state index in [0.717, 1.165) is 44.0 Å². The Bertz CT molecular complexity index is 733. The lowest BCUT2D eigenvalue weighted by molar-refractivity contribution is -0.384. The number of likely N-dealkylation sites (N-methyl/N-ethyl adjacent to an activating group) is 1. The molecule has 1 fully saturated rings. The van der Waals surface area contributed by atoms with Crippen LogP contribution in [0.3, 0.4) is 0 Å². The van der Waals surface area contributed by atoms with Gasteiger partial charge in [0.2, 0.25) is 0 Å². The fraction of sp³-hybridized carbons (Fsp3) is 0.316. The molecule has 0 amide bonds. The second-order valence-corrected chi connectivity index (χ2v) is 6.04. The van der Waals surface area contributed by atoms with Gasteiger partial charge in [-0.25, -0.2) is 0 Å². The van der Waals surface area contributed by atoms with Crippen LogP contribution in [-0.4, -0.2) is 48.8 Å². The molecule has 1 heterocycles. The Hall–Kier alpha value is -2.73. The largest absolute Gasteiger partial charge is 0.369 e. The van der Waals surface area contributed by atoms with E-state index < -0.39 is 4.92 Å². The highest BCUT2D eigenvalue weighted by molar-refractivity contribution is 5.82. The predicted molar refractivity (Wildman–Crippen MR) is 101 cm³/mol. The molecule has 0 bridgehead atoms. The summed E-state index contributed by atoms with van der Waals surface area (Å²) >= 11 is 0. The van der Waals surface area contributed by atoms with Crippen molar-refractivity contribution in [2.24, 2.45) is 4.99 Å². The first-order valence-electron chi connectivity index (χ1n) is 8.51. The van der Waals surface area contributed by atoms with Gasteiger partial charge in [0.15, 0.2) is 0 Å². The van der Waals surface area contributed by atoms with Gasteiger partial charge in [-0.1, -0.05) is 6.92 Å². The fourth-order valence-corrected chi connectivity index (χ4v) is 2.90. The molecule has 6 nitrogen and oxygen atoms in total. The van der Waals surface area contributed by atoms with E-state index in [1.807, 2.05) is 12.1 Å². The van der Waals surface area contributed by atoms with Crippen LogP contribution in [0.4, 0.5) is 17.1 Å². The van der Waals surface area contributed by atoms with E-state index in [2.05, 4.69) is 33.8 Å². The smallest absolute Gasteiger partial charge is 0.269 e. The summed E-state index contributed by atoms with van der Waals surface area (Å²) in [5.74, 6) is 0. The summed E-state index contributed by atoms with van der Waals surface area (Å²) in [7, 11) is 0. The van der Waals surface area contributed by atoms with E-state index in [4.69, 9.17) is 0 Å². The van der Waals surface area contributed by atoms with Gasteiger partial charge in [0.1, 0.15) is 0 Å². The summed E-state index contributed by atoms with van der Waals surface area (Å²) in [6.45, 7) is 7.64. The topological polar surface area (TPSA) is 62.0 Å². The van der Waals surface area contributed by atoms with Crippen LogP contribution in [0.1, 0.15) is 12.5 Å². The number of hydrogen-bond acceptors (Lipinski definition) is 5. The molecule has 3 rings (SSSR count). The van der Waals surface area contributed by atoms with Crippen molar-refractivity contribution in [3.8, 4) is 0 Å². The fourth-order valence-electron chi connectivity index (χ4n) is 2.90. The summed E-state index contributed by atoms with van der Waals surface area (Å²) in [5.41, 5.74) is 3.02. The molecule has 1 aliphatic rings. The molecule has 0 saturated carbocycles. The zero-order valence-electron chi connectivity index (χ0n) is 14.3. The highest BCUT2D eigenvalue weighted by Crippen LogP contribution is 2.21. The number of nitro benzene ring substituents is 1. The van der Waals surface area contributed by atoms with Crippen molar-refractivity contribution in [2.75, 3.05) is 37.6 Å². The Labute approximate surface area is 147 Å². The molecule has 25 heavy (non-hydrogen) atoms. The quantitative estimate of drug-likeness (QED) is 0.476. The van der Waals surface area contributed by atoms with Crippen LogP contribution in [0, 0.1) is 10.1 Å². The number of piperazine rings is 1. The van der Waals surface area contributed by atoms with Crippen LogP contribution >= 0.6 is 0 Å². The van der Waals surface area contributed by atoms with Gasteiger partial charge in [-0.05, 0) is 48.5 Å². The minimum atomic E-state index is -0.403. The van der Waals surface area contributed by atoms with E-state index in [-0.39, 0.29) is 5.69 Å². The molecule has 0 atom stereocenters. The number of rotatable bonds is 5. The Kier molecular flexibility index (Phi) is 5.40. The standard InChI is InChI=1S/C19H22N4O2/c1-2-21-11-13-22(14-12-21)18-9-5-17(6-10-18)20-15-16-3-7-19(8-4-16)23(24)25/h3-10,15H,2,11-14H2,1H3. The first kappa shape index (κ1) is 17.1. The third-order valence-electron chi connectivity index (χ3n) is 4.50. The molecule has 2 aromatic rings. The van der Waals surface area contributed by atoms with Crippen molar-refractivity contribution in [3.05, 3.63) is 64.2 Å². The van der Waals surface area contributed by atoms with Crippen LogP contribution in [0.15, 0.2) is 53.5 Å². The highest BCUT2D eigenvalue weighted by Gasteiger charge is 2.15. The summed E-state index contributed by atoms with van der Waals surface area (Å²) < 4.78 is 0. The molecule has 0 spiro atoms. The lowest BCUT2D eigenvalue weighted by Gasteiger charge is -2.35. The van der Waals surface area contributed by atoms with Gasteiger partial charge < -0.3 is 9.80 Å². The van der Waals surface area contributed by atoms with Gasteiger partial charge in [-0.3, -0.25) is 15.1 Å². The van der Waals surface area contributed by atoms with Gasteiger partial charge in [-0.2, -0.15) is 0 Å². The van der Waals surface area contributed by atoms with Crippen LogP contribution in [0.5, 0.6) is 0 Å². The van der Waals surface area contributed by atoms with E-state index in [9.17, 15) is 10.1 Å². The number of nitro groups is 1. The Balaban J connectivity index is 1.61. The van der Waals surface area contributed by atoms with Crippen LogP contribution in [-0.2, 0) is 0 Å². The minimum Gasteiger partial charge on any atom is -0.369 e. The third kappa shape index (κ3) is 4.42. The Morgan fingerprint density at radius 2 is 1.68 bits per heavy atom. The normalized spacial score (nSPS) is 15.6.